The molecule has 2 heteroatoms. The molecule has 3 saturated carbocycles. The van der Waals surface area contributed by atoms with Gasteiger partial charge in [0.25, 0.3) is 0 Å². The van der Waals surface area contributed by atoms with E-state index < -0.39 is 11.2 Å². The van der Waals surface area contributed by atoms with Gasteiger partial charge < -0.3 is 10.2 Å². The summed E-state index contributed by atoms with van der Waals surface area (Å²) in [6, 6.07) is 0. The van der Waals surface area contributed by atoms with Crippen molar-refractivity contribution in [2.24, 2.45) is 17.3 Å². The van der Waals surface area contributed by atoms with Gasteiger partial charge in [0.2, 0.25) is 0 Å². The van der Waals surface area contributed by atoms with Crippen LogP contribution < -0.4 is 0 Å². The zero-order valence-electron chi connectivity index (χ0n) is 10.3. The van der Waals surface area contributed by atoms with Gasteiger partial charge in [-0.1, -0.05) is 26.0 Å². The number of aliphatic hydroxyl groups is 2. The van der Waals surface area contributed by atoms with Gasteiger partial charge in [0.15, 0.2) is 0 Å². The average Bonchev–Trinajstić information content (AvgIpc) is 2.44. The van der Waals surface area contributed by atoms with E-state index in [1.807, 2.05) is 0 Å². The lowest BCUT2D eigenvalue weighted by Crippen LogP contribution is -2.51. The van der Waals surface area contributed by atoms with Crippen molar-refractivity contribution in [2.75, 3.05) is 0 Å². The van der Waals surface area contributed by atoms with Crippen LogP contribution >= 0.6 is 0 Å². The van der Waals surface area contributed by atoms with Crippen LogP contribution in [0.5, 0.6) is 0 Å². The minimum atomic E-state index is -0.894. The van der Waals surface area contributed by atoms with Crippen molar-refractivity contribution in [1.82, 2.24) is 0 Å². The maximum Gasteiger partial charge on any atom is 0.101 e. The fourth-order valence-electron chi connectivity index (χ4n) is 5.31. The zero-order valence-corrected chi connectivity index (χ0v) is 10.3. The van der Waals surface area contributed by atoms with Crippen LogP contribution in [0.25, 0.3) is 0 Å². The van der Waals surface area contributed by atoms with Crippen molar-refractivity contribution in [2.45, 2.75) is 57.2 Å². The normalized spacial score (nSPS) is 54.1. The van der Waals surface area contributed by atoms with E-state index in [1.165, 1.54) is 0 Å². The first-order valence-corrected chi connectivity index (χ1v) is 6.46. The molecule has 3 rings (SSSR count). The summed E-state index contributed by atoms with van der Waals surface area (Å²) in [5.74, 6) is 0.328. The van der Waals surface area contributed by atoms with Gasteiger partial charge >= 0.3 is 0 Å². The molecule has 2 N–H and O–H groups in total. The molecule has 0 aromatic carbocycles. The Balaban J connectivity index is 2.20. The average molecular weight is 222 g/mol. The summed E-state index contributed by atoms with van der Waals surface area (Å²) in [5, 5.41) is 21.9. The Morgan fingerprint density at radius 2 is 1.81 bits per heavy atom. The summed E-state index contributed by atoms with van der Waals surface area (Å²) >= 11 is 0. The minimum absolute atomic E-state index is 0.000741. The predicted octanol–water partition coefficient (Wildman–Crippen LogP) is 2.25. The van der Waals surface area contributed by atoms with Crippen LogP contribution in [-0.2, 0) is 0 Å². The molecule has 2 bridgehead atoms. The minimum Gasteiger partial charge on any atom is -0.387 e. The molecule has 0 aromatic rings. The van der Waals surface area contributed by atoms with Crippen molar-refractivity contribution in [3.63, 3.8) is 0 Å². The third-order valence-corrected chi connectivity index (χ3v) is 5.72. The van der Waals surface area contributed by atoms with Crippen LogP contribution in [0, 0.1) is 17.3 Å². The van der Waals surface area contributed by atoms with Gasteiger partial charge in [-0.2, -0.15) is 0 Å². The summed E-state index contributed by atoms with van der Waals surface area (Å²) in [5.41, 5.74) is -0.587. The molecule has 2 unspecified atom stereocenters. The fourth-order valence-corrected chi connectivity index (χ4v) is 5.31. The monoisotopic (exact) mass is 222 g/mol. The molecule has 2 nitrogen and oxygen atoms in total. The smallest absolute Gasteiger partial charge is 0.101 e. The van der Waals surface area contributed by atoms with Crippen LogP contribution in [0.15, 0.2) is 12.2 Å². The second kappa shape index (κ2) is 2.73. The summed E-state index contributed by atoms with van der Waals surface area (Å²) in [7, 11) is 0. The van der Waals surface area contributed by atoms with Crippen LogP contribution in [-0.4, -0.2) is 21.4 Å². The van der Waals surface area contributed by atoms with Crippen LogP contribution in [0.2, 0.25) is 0 Å². The molecular weight excluding hydrogens is 200 g/mol. The Labute approximate surface area is 97.4 Å². The fraction of sp³-hybridized carbons (Fsp3) is 0.857. The Hall–Kier alpha value is -0.340. The van der Waals surface area contributed by atoms with E-state index in [0.717, 1.165) is 37.7 Å². The molecule has 90 valence electrons. The molecule has 4 atom stereocenters. The first-order chi connectivity index (χ1) is 7.34. The largest absolute Gasteiger partial charge is 0.387 e. The standard InChI is InChI=1S/C14H22O2/c1-9-5-6-10-12(2,3)11(9)14(16)8-4-7-13(10,14)15/h10-11,15-16H,1,4-8H2,2-3H3/t10-,11+,13?,14?/m1/s1. The van der Waals surface area contributed by atoms with E-state index >= 15 is 0 Å². The van der Waals surface area contributed by atoms with Gasteiger partial charge in [0.05, 0.1) is 5.60 Å². The molecule has 0 aromatic heterocycles. The second-order valence-corrected chi connectivity index (χ2v) is 6.71. The molecule has 3 fully saturated rings. The summed E-state index contributed by atoms with van der Waals surface area (Å²) in [6.45, 7) is 8.55. The summed E-state index contributed by atoms with van der Waals surface area (Å²) in [4.78, 5) is 0. The molecule has 0 spiro atoms. The highest BCUT2D eigenvalue weighted by molar-refractivity contribution is 5.32. The molecule has 0 heterocycles. The third kappa shape index (κ3) is 0.888. The zero-order chi connectivity index (χ0) is 11.8. The number of rotatable bonds is 0. The van der Waals surface area contributed by atoms with E-state index in [2.05, 4.69) is 20.4 Å². The molecule has 0 amide bonds. The van der Waals surface area contributed by atoms with E-state index in [9.17, 15) is 10.2 Å². The van der Waals surface area contributed by atoms with Gasteiger partial charge in [-0.15, -0.1) is 0 Å². The Morgan fingerprint density at radius 3 is 2.50 bits per heavy atom. The van der Waals surface area contributed by atoms with Gasteiger partial charge in [-0.05, 0) is 43.4 Å². The topological polar surface area (TPSA) is 40.5 Å². The molecule has 0 radical (unpaired) electrons. The van der Waals surface area contributed by atoms with Crippen molar-refractivity contribution in [3.8, 4) is 0 Å². The highest BCUT2D eigenvalue weighted by Gasteiger charge is 2.74. The third-order valence-electron chi connectivity index (χ3n) is 5.72. The molecule has 3 aliphatic carbocycles. The summed E-state index contributed by atoms with van der Waals surface area (Å²) < 4.78 is 0. The highest BCUT2D eigenvalue weighted by atomic mass is 16.4. The molecule has 3 aliphatic rings. The first-order valence-electron chi connectivity index (χ1n) is 6.46. The van der Waals surface area contributed by atoms with E-state index in [4.69, 9.17) is 0 Å². The van der Waals surface area contributed by atoms with E-state index in [1.54, 1.807) is 0 Å². The molecule has 0 saturated heterocycles. The maximum atomic E-state index is 11.0. The number of fused-ring (bicyclic) bond motifs is 5. The van der Waals surface area contributed by atoms with E-state index in [-0.39, 0.29) is 17.3 Å². The van der Waals surface area contributed by atoms with Gasteiger partial charge in [-0.3, -0.25) is 0 Å². The van der Waals surface area contributed by atoms with Crippen LogP contribution in [0.4, 0.5) is 0 Å². The number of hydrogen-bond donors (Lipinski definition) is 2. The Morgan fingerprint density at radius 1 is 1.19 bits per heavy atom. The van der Waals surface area contributed by atoms with Crippen LogP contribution in [0.3, 0.4) is 0 Å². The van der Waals surface area contributed by atoms with Gasteiger partial charge in [0.1, 0.15) is 5.60 Å². The lowest BCUT2D eigenvalue weighted by Gasteiger charge is -2.42. The highest BCUT2D eigenvalue weighted by Crippen LogP contribution is 2.69. The lowest BCUT2D eigenvalue weighted by molar-refractivity contribution is -0.136. The molecular formula is C14H22O2. The Kier molecular flexibility index (Phi) is 1.84. The first kappa shape index (κ1) is 10.8. The molecule has 16 heavy (non-hydrogen) atoms. The van der Waals surface area contributed by atoms with Crippen LogP contribution in [0.1, 0.15) is 46.0 Å². The van der Waals surface area contributed by atoms with Crippen molar-refractivity contribution < 1.29 is 10.2 Å². The second-order valence-electron chi connectivity index (χ2n) is 6.71. The SMILES string of the molecule is C=C1CC[C@@H]2C(C)(C)[C@H]1C1(O)CCCC21O. The van der Waals surface area contributed by atoms with Gasteiger partial charge in [0, 0.05) is 5.92 Å². The lowest BCUT2D eigenvalue weighted by atomic mass is 9.63. The van der Waals surface area contributed by atoms with Crippen molar-refractivity contribution >= 4 is 0 Å². The summed E-state index contributed by atoms with van der Waals surface area (Å²) in [6.07, 6.45) is 4.42. The Bertz CT molecular complexity index is 360. The molecule has 0 aliphatic heterocycles. The quantitative estimate of drug-likeness (QED) is 0.617. The van der Waals surface area contributed by atoms with Crippen molar-refractivity contribution in [3.05, 3.63) is 12.2 Å². The predicted molar refractivity (Wildman–Crippen MR) is 62.9 cm³/mol. The van der Waals surface area contributed by atoms with E-state index in [0.29, 0.717) is 0 Å². The van der Waals surface area contributed by atoms with Gasteiger partial charge in [-0.25, -0.2) is 0 Å². The number of hydrogen-bond acceptors (Lipinski definition) is 2. The van der Waals surface area contributed by atoms with Crippen molar-refractivity contribution in [1.29, 1.82) is 0 Å². The maximum absolute atomic E-state index is 11.0.